The van der Waals surface area contributed by atoms with Crippen LogP contribution in [0.5, 0.6) is 0 Å². The predicted molar refractivity (Wildman–Crippen MR) is 102 cm³/mol. The number of ether oxygens (including phenoxy) is 2. The zero-order valence-corrected chi connectivity index (χ0v) is 17.6. The van der Waals surface area contributed by atoms with Crippen LogP contribution in [0.15, 0.2) is 0 Å². The number of nitrogens with one attached hydrogen (secondary N) is 2. The van der Waals surface area contributed by atoms with Crippen molar-refractivity contribution in [1.82, 2.24) is 15.5 Å². The first kappa shape index (κ1) is 25.5. The minimum atomic E-state index is -1.08. The Morgan fingerprint density at radius 1 is 0.786 bits per heavy atom. The number of carbonyl (C=O) groups excluding carboxylic acids is 3. The molecule has 0 unspecified atom stereocenters. The fourth-order valence-electron chi connectivity index (χ4n) is 1.95. The molecule has 10 heteroatoms. The maximum atomic E-state index is 12.2. The van der Waals surface area contributed by atoms with Crippen molar-refractivity contribution in [3.63, 3.8) is 0 Å². The van der Waals surface area contributed by atoms with E-state index in [2.05, 4.69) is 10.6 Å². The summed E-state index contributed by atoms with van der Waals surface area (Å²) in [6.45, 7) is 10.9. The molecule has 0 aromatic carbocycles. The van der Waals surface area contributed by atoms with Gasteiger partial charge in [0, 0.05) is 32.6 Å². The molecule has 0 aromatic heterocycles. The highest BCUT2D eigenvalue weighted by molar-refractivity contribution is 5.80. The predicted octanol–water partition coefficient (Wildman–Crippen LogP) is 1.73. The molecule has 0 bridgehead atoms. The van der Waals surface area contributed by atoms with Gasteiger partial charge in [0.15, 0.2) is 0 Å². The van der Waals surface area contributed by atoms with Crippen LogP contribution in [-0.4, -0.2) is 71.5 Å². The Balaban J connectivity index is 4.57. The van der Waals surface area contributed by atoms with Gasteiger partial charge in [-0.2, -0.15) is 0 Å². The summed E-state index contributed by atoms with van der Waals surface area (Å²) in [7, 11) is 0. The van der Waals surface area contributed by atoms with E-state index in [4.69, 9.17) is 14.6 Å². The first-order valence-corrected chi connectivity index (χ1v) is 9.13. The molecule has 0 heterocycles. The summed E-state index contributed by atoms with van der Waals surface area (Å²) in [5.74, 6) is -1.47. The molecule has 0 spiro atoms. The Bertz CT molecular complexity index is 516. The van der Waals surface area contributed by atoms with Crippen LogP contribution in [0.25, 0.3) is 0 Å². The average Bonchev–Trinajstić information content (AvgIpc) is 2.47. The van der Waals surface area contributed by atoms with Gasteiger partial charge in [0.2, 0.25) is 5.91 Å². The molecule has 3 N–H and O–H groups in total. The van der Waals surface area contributed by atoms with Crippen molar-refractivity contribution < 1.29 is 33.8 Å². The number of carboxylic acid groups (broad SMARTS) is 1. The Morgan fingerprint density at radius 3 is 1.50 bits per heavy atom. The number of alkyl carbamates (subject to hydrolysis) is 2. The molecule has 0 rings (SSSR count). The van der Waals surface area contributed by atoms with Crippen molar-refractivity contribution in [2.24, 2.45) is 0 Å². The molecule has 0 fully saturated rings. The Hall–Kier alpha value is -2.52. The normalized spacial score (nSPS) is 11.4. The van der Waals surface area contributed by atoms with Crippen molar-refractivity contribution in [2.75, 3.05) is 26.2 Å². The highest BCUT2D eigenvalue weighted by atomic mass is 16.6. The van der Waals surface area contributed by atoms with E-state index < -0.39 is 29.4 Å². The lowest BCUT2D eigenvalue weighted by molar-refractivity contribution is -0.140. The fraction of sp³-hybridized carbons (Fsp3) is 0.778. The van der Waals surface area contributed by atoms with Crippen molar-refractivity contribution in [2.45, 2.75) is 65.6 Å². The third-order valence-electron chi connectivity index (χ3n) is 3.01. The summed E-state index contributed by atoms with van der Waals surface area (Å²) in [5.41, 5.74) is -1.28. The maximum Gasteiger partial charge on any atom is 0.407 e. The average molecular weight is 403 g/mol. The minimum Gasteiger partial charge on any atom is -0.481 e. The summed E-state index contributed by atoms with van der Waals surface area (Å²) in [4.78, 5) is 47.6. The van der Waals surface area contributed by atoms with Crippen LogP contribution in [0.1, 0.15) is 54.4 Å². The molecular formula is C18H33N3O7. The third kappa shape index (κ3) is 14.6. The number of rotatable bonds is 9. The number of hydrogen-bond donors (Lipinski definition) is 3. The van der Waals surface area contributed by atoms with Crippen LogP contribution < -0.4 is 10.6 Å². The van der Waals surface area contributed by atoms with E-state index in [1.165, 1.54) is 4.90 Å². The van der Waals surface area contributed by atoms with Gasteiger partial charge in [-0.3, -0.25) is 9.59 Å². The third-order valence-corrected chi connectivity index (χ3v) is 3.01. The van der Waals surface area contributed by atoms with Crippen molar-refractivity contribution >= 4 is 24.1 Å². The largest absolute Gasteiger partial charge is 0.481 e. The Kier molecular flexibility index (Phi) is 10.3. The van der Waals surface area contributed by atoms with Gasteiger partial charge in [-0.25, -0.2) is 9.59 Å². The van der Waals surface area contributed by atoms with E-state index in [-0.39, 0.29) is 44.9 Å². The zero-order valence-electron chi connectivity index (χ0n) is 17.6. The SMILES string of the molecule is CC(C)(C)OC(=O)NCCN(CCNC(=O)OC(C)(C)C)C(=O)CCC(=O)O. The number of nitrogens with zero attached hydrogens (tertiary/aromatic N) is 1. The van der Waals surface area contributed by atoms with Crippen LogP contribution in [0.4, 0.5) is 9.59 Å². The number of aliphatic carboxylic acids is 1. The van der Waals surface area contributed by atoms with Crippen LogP contribution in [-0.2, 0) is 19.1 Å². The lowest BCUT2D eigenvalue weighted by Gasteiger charge is -2.25. The Morgan fingerprint density at radius 2 is 1.18 bits per heavy atom. The molecule has 0 aliphatic carbocycles. The molecule has 0 saturated carbocycles. The second kappa shape index (κ2) is 11.4. The molecule has 3 amide bonds. The van der Waals surface area contributed by atoms with Gasteiger partial charge in [0.1, 0.15) is 11.2 Å². The monoisotopic (exact) mass is 403 g/mol. The molecule has 0 aliphatic heterocycles. The summed E-state index contributed by atoms with van der Waals surface area (Å²) in [6.07, 6.45) is -1.70. The van der Waals surface area contributed by atoms with E-state index in [9.17, 15) is 19.2 Å². The molecule has 0 aliphatic rings. The summed E-state index contributed by atoms with van der Waals surface area (Å²) in [5, 5.41) is 13.8. The summed E-state index contributed by atoms with van der Waals surface area (Å²) < 4.78 is 10.2. The van der Waals surface area contributed by atoms with Gasteiger partial charge in [-0.05, 0) is 41.5 Å². The van der Waals surface area contributed by atoms with Gasteiger partial charge in [0.05, 0.1) is 6.42 Å². The van der Waals surface area contributed by atoms with E-state index in [1.54, 1.807) is 41.5 Å². The number of amides is 3. The molecule has 0 atom stereocenters. The second-order valence-corrected chi connectivity index (χ2v) is 8.13. The molecular weight excluding hydrogens is 370 g/mol. The first-order chi connectivity index (χ1) is 12.7. The van der Waals surface area contributed by atoms with Crippen LogP contribution in [0, 0.1) is 0 Å². The smallest absolute Gasteiger partial charge is 0.407 e. The Labute approximate surface area is 165 Å². The highest BCUT2D eigenvalue weighted by Gasteiger charge is 2.19. The molecule has 162 valence electrons. The summed E-state index contributed by atoms with van der Waals surface area (Å²) >= 11 is 0. The molecule has 0 radical (unpaired) electrons. The van der Waals surface area contributed by atoms with E-state index in [0.717, 1.165) is 0 Å². The van der Waals surface area contributed by atoms with Crippen LogP contribution >= 0.6 is 0 Å². The lowest BCUT2D eigenvalue weighted by Crippen LogP contribution is -2.44. The fourth-order valence-corrected chi connectivity index (χ4v) is 1.95. The number of carboxylic acids is 1. The highest BCUT2D eigenvalue weighted by Crippen LogP contribution is 2.07. The molecule has 0 aromatic rings. The van der Waals surface area contributed by atoms with Gasteiger partial charge in [-0.1, -0.05) is 0 Å². The quantitative estimate of drug-likeness (QED) is 0.533. The van der Waals surface area contributed by atoms with Crippen molar-refractivity contribution in [1.29, 1.82) is 0 Å². The molecule has 10 nitrogen and oxygen atoms in total. The first-order valence-electron chi connectivity index (χ1n) is 9.13. The second-order valence-electron chi connectivity index (χ2n) is 8.13. The van der Waals surface area contributed by atoms with Crippen molar-refractivity contribution in [3.05, 3.63) is 0 Å². The number of hydrogen-bond acceptors (Lipinski definition) is 6. The standard InChI is InChI=1S/C18H33N3O7/c1-17(2,3)27-15(25)19-9-11-21(13(22)7-8-14(23)24)12-10-20-16(26)28-18(4,5)6/h7-12H2,1-6H3,(H,19,25)(H,20,26)(H,23,24). The maximum absolute atomic E-state index is 12.2. The van der Waals surface area contributed by atoms with Gasteiger partial charge >= 0.3 is 18.2 Å². The van der Waals surface area contributed by atoms with Gasteiger partial charge in [-0.15, -0.1) is 0 Å². The van der Waals surface area contributed by atoms with E-state index in [1.807, 2.05) is 0 Å². The van der Waals surface area contributed by atoms with Crippen molar-refractivity contribution in [3.8, 4) is 0 Å². The molecule has 28 heavy (non-hydrogen) atoms. The topological polar surface area (TPSA) is 134 Å². The van der Waals surface area contributed by atoms with Crippen LogP contribution in [0.3, 0.4) is 0 Å². The van der Waals surface area contributed by atoms with E-state index in [0.29, 0.717) is 0 Å². The summed E-state index contributed by atoms with van der Waals surface area (Å²) in [6, 6.07) is 0. The van der Waals surface area contributed by atoms with E-state index >= 15 is 0 Å². The number of carbonyl (C=O) groups is 4. The minimum absolute atomic E-state index is 0.125. The van der Waals surface area contributed by atoms with Gasteiger partial charge < -0.3 is 30.1 Å². The van der Waals surface area contributed by atoms with Gasteiger partial charge in [0.25, 0.3) is 0 Å². The lowest BCUT2D eigenvalue weighted by atomic mass is 10.2. The molecule has 0 saturated heterocycles. The van der Waals surface area contributed by atoms with Crippen LogP contribution in [0.2, 0.25) is 0 Å². The zero-order chi connectivity index (χ0) is 22.0.